The average molecular weight is 1050 g/mol. The lowest BCUT2D eigenvalue weighted by atomic mass is 10.0. The predicted octanol–water partition coefficient (Wildman–Crippen LogP) is 10.9. The number of anilines is 2. The van der Waals surface area contributed by atoms with Crippen molar-refractivity contribution in [3.63, 3.8) is 0 Å². The van der Waals surface area contributed by atoms with Gasteiger partial charge in [0.2, 0.25) is 5.78 Å². The first-order valence-corrected chi connectivity index (χ1v) is 23.9. The lowest BCUT2D eigenvalue weighted by molar-refractivity contribution is -0.139. The molecule has 0 saturated heterocycles. The molecule has 8 aromatic rings. The van der Waals surface area contributed by atoms with Crippen LogP contribution in [0.25, 0.3) is 22.1 Å². The molecule has 4 N–H and O–H groups in total. The third kappa shape index (κ3) is 11.2. The van der Waals surface area contributed by atoms with Crippen LogP contribution in [-0.4, -0.2) is 64.3 Å². The summed E-state index contributed by atoms with van der Waals surface area (Å²) >= 11 is 12.1. The second-order valence-corrected chi connectivity index (χ2v) is 19.6. The Morgan fingerprint density at radius 3 is 1.56 bits per heavy atom. The number of hydrogen-bond acceptors (Lipinski definition) is 11. The van der Waals surface area contributed by atoms with Crippen molar-refractivity contribution >= 4 is 88.2 Å². The highest BCUT2D eigenvalue weighted by Gasteiger charge is 2.35. The Hall–Kier alpha value is -7.08. The Morgan fingerprint density at radius 2 is 1.09 bits per heavy atom. The highest BCUT2D eigenvalue weighted by molar-refractivity contribution is 7.93. The van der Waals surface area contributed by atoms with E-state index in [0.717, 1.165) is 36.5 Å². The quantitative estimate of drug-likeness (QED) is 0.0393. The van der Waals surface area contributed by atoms with Gasteiger partial charge in [-0.15, -0.1) is 0 Å². The summed E-state index contributed by atoms with van der Waals surface area (Å²) < 4.78 is 137. The number of hydrogen-bond donors (Lipinski definition) is 4. The second-order valence-electron chi connectivity index (χ2n) is 15.4. The molecular weight excluding hydrogens is 1010 g/mol. The molecule has 2 aromatic carbocycles. The molecule has 0 aliphatic carbocycles. The minimum atomic E-state index is -4.74. The SMILES string of the molecule is Cc1ccc(S(=O)(=O)Nc2cc(Cl)cnc2C(=NOC(C)C)c2ccnc3[nH]ccc23)cc1C(F)(F)F.Cc1ccc(S(=O)(=O)Nc2cc(Cl)cnc2C(=O)c2ccnc3[nH]ccc23)cc1C(F)(F)F. The van der Waals surface area contributed by atoms with Crippen molar-refractivity contribution in [2.24, 2.45) is 5.16 Å². The summed E-state index contributed by atoms with van der Waals surface area (Å²) in [6.45, 7) is 5.99. The summed E-state index contributed by atoms with van der Waals surface area (Å²) in [4.78, 5) is 40.0. The summed E-state index contributed by atoms with van der Waals surface area (Å²) in [6.07, 6.45) is -1.13. The number of nitrogens with one attached hydrogen (secondary N) is 4. The first-order chi connectivity index (χ1) is 32.8. The molecule has 70 heavy (non-hydrogen) atoms. The average Bonchev–Trinajstić information content (AvgIpc) is 3.97. The van der Waals surface area contributed by atoms with Crippen molar-refractivity contribution in [1.29, 1.82) is 0 Å². The third-order valence-corrected chi connectivity index (χ3v) is 13.2. The van der Waals surface area contributed by atoms with Gasteiger partial charge in [0.05, 0.1) is 42.3 Å². The fraction of sp³-hybridized carbons (Fsp3) is 0.156. The molecule has 8 rings (SSSR count). The maximum absolute atomic E-state index is 13.4. The second kappa shape index (κ2) is 19.7. The predicted molar refractivity (Wildman–Crippen MR) is 250 cm³/mol. The number of benzene rings is 2. The van der Waals surface area contributed by atoms with Crippen LogP contribution >= 0.6 is 23.2 Å². The van der Waals surface area contributed by atoms with Gasteiger partial charge in [-0.3, -0.25) is 19.2 Å². The molecule has 0 unspecified atom stereocenters. The molecule has 0 atom stereocenters. The number of ketones is 1. The zero-order chi connectivity index (χ0) is 50.9. The number of aromatic nitrogens is 6. The van der Waals surface area contributed by atoms with E-state index in [1.54, 1.807) is 44.4 Å². The van der Waals surface area contributed by atoms with Gasteiger partial charge in [0.1, 0.15) is 34.5 Å². The summed E-state index contributed by atoms with van der Waals surface area (Å²) in [5, 5.41) is 5.49. The van der Waals surface area contributed by atoms with E-state index in [2.05, 4.69) is 44.5 Å². The molecule has 0 bridgehead atoms. The van der Waals surface area contributed by atoms with Gasteiger partial charge in [0, 0.05) is 59.1 Å². The standard InChI is InChI=1S/C24H21ClF3N5O3S.C21H14ClF3N4O3S/c1-13(2)36-32-21(17-6-8-29-23-18(17)7-9-30-23)22-20(10-15(25)12-31-22)33-37(34,35)16-5-4-14(3)19(11-16)24(26,27)28;1-11-2-3-13(9-16(11)21(23,24)25)33(31,32)29-17-8-12(22)10-28-18(17)19(30)14-4-6-26-20-15(14)5-7-27-20/h4-13,33H,1-3H3,(H,29,30);2-10,29H,1H3,(H,26,27). The van der Waals surface area contributed by atoms with Crippen LogP contribution in [0.4, 0.5) is 37.7 Å². The Balaban J connectivity index is 0.000000208. The van der Waals surface area contributed by atoms with Crippen LogP contribution in [0, 0.1) is 13.8 Å². The van der Waals surface area contributed by atoms with Crippen LogP contribution in [0.2, 0.25) is 10.0 Å². The van der Waals surface area contributed by atoms with Crippen LogP contribution in [0.3, 0.4) is 0 Å². The van der Waals surface area contributed by atoms with Gasteiger partial charge in [-0.25, -0.2) is 31.8 Å². The number of H-pyrrole nitrogens is 2. The molecule has 0 radical (unpaired) electrons. The topological polar surface area (TPSA) is 214 Å². The van der Waals surface area contributed by atoms with E-state index in [1.165, 1.54) is 44.6 Å². The minimum Gasteiger partial charge on any atom is -0.393 e. The van der Waals surface area contributed by atoms with Gasteiger partial charge in [-0.2, -0.15) is 26.3 Å². The van der Waals surface area contributed by atoms with Gasteiger partial charge < -0.3 is 14.8 Å². The molecule has 6 heterocycles. The van der Waals surface area contributed by atoms with E-state index in [0.29, 0.717) is 39.8 Å². The van der Waals surface area contributed by atoms with Crippen LogP contribution < -0.4 is 9.44 Å². The zero-order valence-corrected chi connectivity index (χ0v) is 39.6. The molecule has 0 fully saturated rings. The molecule has 364 valence electrons. The highest BCUT2D eigenvalue weighted by Crippen LogP contribution is 2.36. The number of aromatic amines is 2. The molecule has 0 spiro atoms. The lowest BCUT2D eigenvalue weighted by Gasteiger charge is -2.16. The van der Waals surface area contributed by atoms with Crippen LogP contribution in [0.5, 0.6) is 0 Å². The number of halogens is 8. The number of carbonyl (C=O) groups excluding carboxylic acids is 1. The molecule has 0 amide bonds. The number of sulfonamides is 2. The van der Waals surface area contributed by atoms with E-state index < -0.39 is 59.1 Å². The van der Waals surface area contributed by atoms with E-state index in [9.17, 15) is 48.0 Å². The van der Waals surface area contributed by atoms with E-state index in [-0.39, 0.29) is 61.3 Å². The zero-order valence-electron chi connectivity index (χ0n) is 36.5. The van der Waals surface area contributed by atoms with E-state index >= 15 is 0 Å². The van der Waals surface area contributed by atoms with Gasteiger partial charge in [0.25, 0.3) is 20.0 Å². The van der Waals surface area contributed by atoms with Crippen LogP contribution in [-0.2, 0) is 37.2 Å². The number of alkyl halides is 6. The number of nitrogens with zero attached hydrogens (tertiary/aromatic N) is 5. The van der Waals surface area contributed by atoms with E-state index in [1.807, 2.05) is 0 Å². The van der Waals surface area contributed by atoms with Gasteiger partial charge in [-0.1, -0.05) is 40.5 Å². The molecule has 0 aliphatic heterocycles. The van der Waals surface area contributed by atoms with Crippen molar-refractivity contribution in [3.8, 4) is 0 Å². The number of fused-ring (bicyclic) bond motifs is 2. The number of oxime groups is 1. The normalized spacial score (nSPS) is 12.5. The fourth-order valence-corrected chi connectivity index (χ4v) is 9.27. The van der Waals surface area contributed by atoms with Crippen molar-refractivity contribution in [1.82, 2.24) is 29.9 Å². The number of rotatable bonds is 12. The summed E-state index contributed by atoms with van der Waals surface area (Å²) in [5.41, 5.74) is -1.11. The lowest BCUT2D eigenvalue weighted by Crippen LogP contribution is -2.19. The summed E-state index contributed by atoms with van der Waals surface area (Å²) in [7, 11) is -9.01. The van der Waals surface area contributed by atoms with Crippen molar-refractivity contribution in [2.45, 2.75) is 55.9 Å². The Morgan fingerprint density at radius 1 is 0.643 bits per heavy atom. The van der Waals surface area contributed by atoms with Crippen molar-refractivity contribution in [2.75, 3.05) is 9.44 Å². The number of carbonyl (C=O) groups is 1. The molecule has 6 aromatic heterocycles. The number of pyridine rings is 4. The molecular formula is C45H35Cl2F6N9O6S2. The first kappa shape index (κ1) is 50.8. The maximum atomic E-state index is 13.4. The minimum absolute atomic E-state index is 0.0191. The smallest absolute Gasteiger partial charge is 0.393 e. The highest BCUT2D eigenvalue weighted by atomic mass is 35.5. The third-order valence-electron chi connectivity index (χ3n) is 10.1. The van der Waals surface area contributed by atoms with E-state index in [4.69, 9.17) is 28.0 Å². The molecule has 0 aliphatic rings. The molecule has 15 nitrogen and oxygen atoms in total. The van der Waals surface area contributed by atoms with Crippen LogP contribution in [0.1, 0.15) is 63.4 Å². The first-order valence-electron chi connectivity index (χ1n) is 20.2. The summed E-state index contributed by atoms with van der Waals surface area (Å²) in [6, 6.07) is 14.3. The van der Waals surface area contributed by atoms with Crippen molar-refractivity contribution in [3.05, 3.63) is 165 Å². The van der Waals surface area contributed by atoms with Gasteiger partial charge in [0.15, 0.2) is 0 Å². The monoisotopic (exact) mass is 1050 g/mol. The Labute approximate surface area is 404 Å². The van der Waals surface area contributed by atoms with Gasteiger partial charge in [-0.05, 0) is 99.5 Å². The van der Waals surface area contributed by atoms with Gasteiger partial charge >= 0.3 is 12.4 Å². The maximum Gasteiger partial charge on any atom is 0.416 e. The van der Waals surface area contributed by atoms with Crippen LogP contribution in [0.15, 0.2) is 125 Å². The fourth-order valence-electron chi connectivity index (χ4n) is 6.79. The number of aryl methyl sites for hydroxylation is 2. The Kier molecular flexibility index (Phi) is 14.3. The largest absolute Gasteiger partial charge is 0.416 e. The summed E-state index contributed by atoms with van der Waals surface area (Å²) in [5.74, 6) is -0.628. The molecule has 0 saturated carbocycles. The molecule has 25 heteroatoms. The van der Waals surface area contributed by atoms with Crippen molar-refractivity contribution < 1.29 is 52.8 Å². The Bertz CT molecular complexity index is 3570.